The lowest BCUT2D eigenvalue weighted by Gasteiger charge is -2.27. The first-order chi connectivity index (χ1) is 8.72. The Bertz CT molecular complexity index is 571. The number of ether oxygens (including phenoxy) is 1. The van der Waals surface area contributed by atoms with Crippen LogP contribution in [-0.2, 0) is 0 Å². The molecule has 1 N–H and O–H groups in total. The van der Waals surface area contributed by atoms with Gasteiger partial charge >= 0.3 is 0 Å². The summed E-state index contributed by atoms with van der Waals surface area (Å²) in [6.45, 7) is 0.653. The van der Waals surface area contributed by atoms with Crippen LogP contribution in [0.1, 0.15) is 11.7 Å². The molecule has 1 atom stereocenters. The van der Waals surface area contributed by atoms with Gasteiger partial charge in [-0.3, -0.25) is 0 Å². The van der Waals surface area contributed by atoms with Gasteiger partial charge in [-0.2, -0.15) is 0 Å². The van der Waals surface area contributed by atoms with Crippen molar-refractivity contribution in [1.82, 2.24) is 0 Å². The highest BCUT2D eigenvalue weighted by Crippen LogP contribution is 2.35. The van der Waals surface area contributed by atoms with Crippen LogP contribution in [0.5, 0.6) is 5.75 Å². The van der Waals surface area contributed by atoms with Gasteiger partial charge in [0.2, 0.25) is 0 Å². The zero-order chi connectivity index (χ0) is 12.5. The molecule has 1 aliphatic rings. The Balaban J connectivity index is 1.88. The van der Waals surface area contributed by atoms with Crippen molar-refractivity contribution in [3.63, 3.8) is 0 Å². The number of anilines is 1. The third kappa shape index (κ3) is 2.14. The molecule has 1 heterocycles. The quantitative estimate of drug-likeness (QED) is 0.839. The van der Waals surface area contributed by atoms with Crippen molar-refractivity contribution in [2.45, 2.75) is 6.10 Å². The molecule has 2 aromatic carbocycles. The van der Waals surface area contributed by atoms with Crippen molar-refractivity contribution < 1.29 is 9.13 Å². The van der Waals surface area contributed by atoms with Crippen LogP contribution in [0.2, 0.25) is 5.02 Å². The zero-order valence-electron chi connectivity index (χ0n) is 9.49. The molecule has 0 saturated carbocycles. The highest BCUT2D eigenvalue weighted by Gasteiger charge is 2.20. The SMILES string of the molecule is Fc1ccc(C2CNc3ccc(Cl)cc3O2)cc1. The normalized spacial score (nSPS) is 17.6. The van der Waals surface area contributed by atoms with Crippen molar-refractivity contribution in [1.29, 1.82) is 0 Å². The first-order valence-corrected chi connectivity index (χ1v) is 6.06. The predicted octanol–water partition coefficient (Wildman–Crippen LogP) is 4.02. The average Bonchev–Trinajstić information content (AvgIpc) is 2.38. The lowest BCUT2D eigenvalue weighted by molar-refractivity contribution is 0.210. The summed E-state index contributed by atoms with van der Waals surface area (Å²) in [5.41, 5.74) is 1.87. The smallest absolute Gasteiger partial charge is 0.144 e. The maximum absolute atomic E-state index is 12.9. The van der Waals surface area contributed by atoms with Crippen LogP contribution in [0.3, 0.4) is 0 Å². The van der Waals surface area contributed by atoms with Crippen LogP contribution >= 0.6 is 11.6 Å². The van der Waals surface area contributed by atoms with Crippen LogP contribution in [-0.4, -0.2) is 6.54 Å². The second kappa shape index (κ2) is 4.50. The van der Waals surface area contributed by atoms with Crippen molar-refractivity contribution in [2.24, 2.45) is 0 Å². The molecule has 1 unspecified atom stereocenters. The number of nitrogens with one attached hydrogen (secondary N) is 1. The molecule has 0 bridgehead atoms. The highest BCUT2D eigenvalue weighted by atomic mass is 35.5. The van der Waals surface area contributed by atoms with Crippen LogP contribution < -0.4 is 10.1 Å². The van der Waals surface area contributed by atoms with E-state index in [-0.39, 0.29) is 11.9 Å². The van der Waals surface area contributed by atoms with Crippen molar-refractivity contribution in [2.75, 3.05) is 11.9 Å². The minimum absolute atomic E-state index is 0.128. The van der Waals surface area contributed by atoms with Crippen molar-refractivity contribution in [3.05, 3.63) is 58.9 Å². The molecule has 1 aliphatic heterocycles. The number of halogens is 2. The average molecular weight is 264 g/mol. The van der Waals surface area contributed by atoms with Gasteiger partial charge < -0.3 is 10.1 Å². The lowest BCUT2D eigenvalue weighted by atomic mass is 10.1. The molecule has 0 saturated heterocycles. The van der Waals surface area contributed by atoms with Gasteiger partial charge in [0, 0.05) is 11.1 Å². The van der Waals surface area contributed by atoms with E-state index in [2.05, 4.69) is 5.32 Å². The number of hydrogen-bond donors (Lipinski definition) is 1. The summed E-state index contributed by atoms with van der Waals surface area (Å²) in [5, 5.41) is 3.91. The summed E-state index contributed by atoms with van der Waals surface area (Å²) in [5.74, 6) is 0.481. The molecule has 2 aromatic rings. The fourth-order valence-electron chi connectivity index (χ4n) is 2.00. The molecular weight excluding hydrogens is 253 g/mol. The second-order valence-corrected chi connectivity index (χ2v) is 4.62. The monoisotopic (exact) mass is 263 g/mol. The summed E-state index contributed by atoms with van der Waals surface area (Å²) >= 11 is 5.93. The Hall–Kier alpha value is -1.74. The summed E-state index contributed by atoms with van der Waals surface area (Å²) in [6, 6.07) is 11.8. The second-order valence-electron chi connectivity index (χ2n) is 4.18. The fraction of sp³-hybridized carbons (Fsp3) is 0.143. The van der Waals surface area contributed by atoms with Crippen LogP contribution in [0.25, 0.3) is 0 Å². The maximum atomic E-state index is 12.9. The third-order valence-electron chi connectivity index (χ3n) is 2.93. The molecule has 0 amide bonds. The summed E-state index contributed by atoms with van der Waals surface area (Å²) in [4.78, 5) is 0. The van der Waals surface area contributed by atoms with Gasteiger partial charge in [0.25, 0.3) is 0 Å². The predicted molar refractivity (Wildman–Crippen MR) is 69.7 cm³/mol. The Morgan fingerprint density at radius 1 is 1.17 bits per heavy atom. The Kier molecular flexibility index (Phi) is 2.84. The maximum Gasteiger partial charge on any atom is 0.144 e. The molecule has 92 valence electrons. The van der Waals surface area contributed by atoms with Crippen LogP contribution in [0.15, 0.2) is 42.5 Å². The van der Waals surface area contributed by atoms with Gasteiger partial charge in [0.05, 0.1) is 12.2 Å². The van der Waals surface area contributed by atoms with E-state index in [0.717, 1.165) is 17.0 Å². The molecule has 18 heavy (non-hydrogen) atoms. The molecule has 0 spiro atoms. The van der Waals surface area contributed by atoms with E-state index in [9.17, 15) is 4.39 Å². The van der Waals surface area contributed by atoms with Gasteiger partial charge in [0.15, 0.2) is 0 Å². The summed E-state index contributed by atoms with van der Waals surface area (Å²) < 4.78 is 18.7. The van der Waals surface area contributed by atoms with E-state index < -0.39 is 0 Å². The van der Waals surface area contributed by atoms with Crippen molar-refractivity contribution >= 4 is 17.3 Å². The molecule has 2 nitrogen and oxygen atoms in total. The highest BCUT2D eigenvalue weighted by molar-refractivity contribution is 6.30. The first-order valence-electron chi connectivity index (χ1n) is 5.68. The molecule has 0 aromatic heterocycles. The Morgan fingerprint density at radius 2 is 1.94 bits per heavy atom. The molecule has 3 rings (SSSR count). The standard InChI is InChI=1S/C14H11ClFNO/c15-10-3-6-12-13(7-10)18-14(8-17-12)9-1-4-11(16)5-2-9/h1-7,14,17H,8H2. The number of benzene rings is 2. The van der Waals surface area contributed by atoms with Gasteiger partial charge in [-0.25, -0.2) is 4.39 Å². The molecule has 0 aliphatic carbocycles. The number of rotatable bonds is 1. The van der Waals surface area contributed by atoms with E-state index >= 15 is 0 Å². The molecular formula is C14H11ClFNO. The zero-order valence-corrected chi connectivity index (χ0v) is 10.2. The van der Waals surface area contributed by atoms with Gasteiger partial charge in [-0.05, 0) is 29.8 Å². The summed E-state index contributed by atoms with van der Waals surface area (Å²) in [6.07, 6.45) is -0.128. The minimum Gasteiger partial charge on any atom is -0.482 e. The largest absolute Gasteiger partial charge is 0.482 e. The molecule has 0 radical (unpaired) electrons. The van der Waals surface area contributed by atoms with E-state index in [4.69, 9.17) is 16.3 Å². The number of hydrogen-bond acceptors (Lipinski definition) is 2. The topological polar surface area (TPSA) is 21.3 Å². The molecule has 0 fully saturated rings. The number of fused-ring (bicyclic) bond motifs is 1. The molecule has 4 heteroatoms. The first kappa shape index (κ1) is 11.4. The fourth-order valence-corrected chi connectivity index (χ4v) is 2.16. The van der Waals surface area contributed by atoms with Crippen molar-refractivity contribution in [3.8, 4) is 5.75 Å². The van der Waals surface area contributed by atoms with Crippen LogP contribution in [0, 0.1) is 5.82 Å². The minimum atomic E-state index is -0.244. The van der Waals surface area contributed by atoms with Crippen LogP contribution in [0.4, 0.5) is 10.1 Å². The van der Waals surface area contributed by atoms with Gasteiger partial charge in [-0.15, -0.1) is 0 Å². The van der Waals surface area contributed by atoms with E-state index in [1.807, 2.05) is 12.1 Å². The Morgan fingerprint density at radius 3 is 2.72 bits per heavy atom. The van der Waals surface area contributed by atoms with E-state index in [0.29, 0.717) is 11.6 Å². The van der Waals surface area contributed by atoms with Gasteiger partial charge in [0.1, 0.15) is 17.7 Å². The summed E-state index contributed by atoms with van der Waals surface area (Å²) in [7, 11) is 0. The van der Waals surface area contributed by atoms with E-state index in [1.54, 1.807) is 18.2 Å². The third-order valence-corrected chi connectivity index (χ3v) is 3.17. The van der Waals surface area contributed by atoms with Gasteiger partial charge in [-0.1, -0.05) is 23.7 Å². The lowest BCUT2D eigenvalue weighted by Crippen LogP contribution is -2.23. The van der Waals surface area contributed by atoms with E-state index in [1.165, 1.54) is 12.1 Å². The Labute approximate surface area is 109 Å².